The van der Waals surface area contributed by atoms with E-state index in [2.05, 4.69) is 12.1 Å². The third-order valence-corrected chi connectivity index (χ3v) is 3.27. The van der Waals surface area contributed by atoms with Crippen LogP contribution in [0.3, 0.4) is 0 Å². The maximum absolute atomic E-state index is 5.97. The fourth-order valence-electron chi connectivity index (χ4n) is 2.29. The summed E-state index contributed by atoms with van der Waals surface area (Å²) in [6.07, 6.45) is 4.80. The molecule has 0 aliphatic heterocycles. The maximum Gasteiger partial charge on any atom is 0.0408 e. The van der Waals surface area contributed by atoms with Gasteiger partial charge in [0.1, 0.15) is 0 Å². The predicted octanol–water partition coefficient (Wildman–Crippen LogP) is 3.32. The van der Waals surface area contributed by atoms with Gasteiger partial charge in [0, 0.05) is 11.1 Å². The van der Waals surface area contributed by atoms with Gasteiger partial charge in [-0.2, -0.15) is 0 Å². The first kappa shape index (κ1) is 10.0. The Hall–Kier alpha value is -0.530. The zero-order valence-electron chi connectivity index (χ0n) is 8.25. The van der Waals surface area contributed by atoms with Gasteiger partial charge in [0.2, 0.25) is 0 Å². The van der Waals surface area contributed by atoms with Gasteiger partial charge in [0.05, 0.1) is 0 Å². The lowest BCUT2D eigenvalue weighted by molar-refractivity contribution is 0.393. The average Bonchev–Trinajstić information content (AvgIpc) is 2.18. The van der Waals surface area contributed by atoms with Crippen molar-refractivity contribution < 1.29 is 0 Å². The van der Waals surface area contributed by atoms with E-state index < -0.39 is 0 Å². The van der Waals surface area contributed by atoms with Crippen molar-refractivity contribution >= 4 is 11.6 Å². The summed E-state index contributed by atoms with van der Waals surface area (Å²) < 4.78 is 0. The molecule has 1 nitrogen and oxygen atoms in total. The number of halogens is 1. The number of benzene rings is 1. The molecule has 76 valence electrons. The number of hydrogen-bond donors (Lipinski definition) is 1. The minimum absolute atomic E-state index is 0.382. The summed E-state index contributed by atoms with van der Waals surface area (Å²) in [4.78, 5) is 0. The molecule has 0 aromatic heterocycles. The SMILES string of the molecule is N[C@@H]1CCC[C@H](c2cccc(Cl)c2)C1. The molecule has 2 rings (SSSR count). The number of rotatable bonds is 1. The summed E-state index contributed by atoms with van der Waals surface area (Å²) in [6.45, 7) is 0. The smallest absolute Gasteiger partial charge is 0.0408 e. The summed E-state index contributed by atoms with van der Waals surface area (Å²) in [7, 11) is 0. The third-order valence-electron chi connectivity index (χ3n) is 3.03. The molecule has 2 atom stereocenters. The number of nitrogens with two attached hydrogens (primary N) is 1. The monoisotopic (exact) mass is 209 g/mol. The summed E-state index contributed by atoms with van der Waals surface area (Å²) in [6, 6.07) is 8.57. The van der Waals surface area contributed by atoms with Gasteiger partial charge >= 0.3 is 0 Å². The van der Waals surface area contributed by atoms with Gasteiger partial charge in [-0.15, -0.1) is 0 Å². The summed E-state index contributed by atoms with van der Waals surface area (Å²) in [5.41, 5.74) is 7.32. The van der Waals surface area contributed by atoms with Crippen molar-refractivity contribution in [2.24, 2.45) is 5.73 Å². The molecule has 2 heteroatoms. The molecule has 0 spiro atoms. The Kier molecular flexibility index (Phi) is 3.09. The minimum atomic E-state index is 0.382. The lowest BCUT2D eigenvalue weighted by Crippen LogP contribution is -2.26. The van der Waals surface area contributed by atoms with Gasteiger partial charge in [0.25, 0.3) is 0 Å². The Labute approximate surface area is 90.3 Å². The summed E-state index contributed by atoms with van der Waals surface area (Å²) in [5.74, 6) is 0.623. The van der Waals surface area contributed by atoms with Crippen molar-refractivity contribution in [2.45, 2.75) is 37.6 Å². The lowest BCUT2D eigenvalue weighted by atomic mass is 9.82. The van der Waals surface area contributed by atoms with Gasteiger partial charge in [-0.1, -0.05) is 30.2 Å². The molecule has 1 aliphatic rings. The van der Waals surface area contributed by atoms with Crippen LogP contribution >= 0.6 is 11.6 Å². The van der Waals surface area contributed by atoms with Crippen molar-refractivity contribution in [3.05, 3.63) is 34.9 Å². The molecule has 0 saturated heterocycles. The highest BCUT2D eigenvalue weighted by Crippen LogP contribution is 2.32. The van der Waals surface area contributed by atoms with E-state index in [1.165, 1.54) is 24.8 Å². The molecule has 1 saturated carbocycles. The van der Waals surface area contributed by atoms with E-state index in [0.29, 0.717) is 12.0 Å². The van der Waals surface area contributed by atoms with Crippen LogP contribution in [-0.4, -0.2) is 6.04 Å². The normalized spacial score (nSPS) is 27.6. The van der Waals surface area contributed by atoms with Gasteiger partial charge < -0.3 is 5.73 Å². The van der Waals surface area contributed by atoms with E-state index in [0.717, 1.165) is 11.4 Å². The molecule has 1 aromatic carbocycles. The Morgan fingerprint density at radius 1 is 1.29 bits per heavy atom. The van der Waals surface area contributed by atoms with Crippen LogP contribution in [0.1, 0.15) is 37.2 Å². The number of hydrogen-bond acceptors (Lipinski definition) is 1. The first-order valence-corrected chi connectivity index (χ1v) is 5.64. The summed E-state index contributed by atoms with van der Waals surface area (Å²) in [5, 5.41) is 0.835. The second kappa shape index (κ2) is 4.33. The van der Waals surface area contributed by atoms with Gasteiger partial charge in [-0.05, 0) is 42.9 Å². The van der Waals surface area contributed by atoms with Crippen molar-refractivity contribution in [3.8, 4) is 0 Å². The van der Waals surface area contributed by atoms with E-state index in [4.69, 9.17) is 17.3 Å². The molecule has 14 heavy (non-hydrogen) atoms. The van der Waals surface area contributed by atoms with Gasteiger partial charge in [0.15, 0.2) is 0 Å². The molecular weight excluding hydrogens is 194 g/mol. The van der Waals surface area contributed by atoms with Gasteiger partial charge in [-0.3, -0.25) is 0 Å². The maximum atomic E-state index is 5.97. The molecule has 0 heterocycles. The predicted molar refractivity (Wildman–Crippen MR) is 60.6 cm³/mol. The highest BCUT2D eigenvalue weighted by Gasteiger charge is 2.20. The van der Waals surface area contributed by atoms with Crippen LogP contribution in [0.15, 0.2) is 24.3 Å². The van der Waals surface area contributed by atoms with Crippen molar-refractivity contribution in [1.82, 2.24) is 0 Å². The second-order valence-electron chi connectivity index (χ2n) is 4.18. The van der Waals surface area contributed by atoms with E-state index >= 15 is 0 Å². The average molecular weight is 210 g/mol. The molecule has 0 radical (unpaired) electrons. The van der Waals surface area contributed by atoms with Crippen LogP contribution in [0.2, 0.25) is 5.02 Å². The zero-order valence-corrected chi connectivity index (χ0v) is 9.00. The van der Waals surface area contributed by atoms with E-state index in [1.807, 2.05) is 12.1 Å². The molecule has 0 unspecified atom stereocenters. The zero-order chi connectivity index (χ0) is 9.97. The van der Waals surface area contributed by atoms with E-state index in [1.54, 1.807) is 0 Å². The van der Waals surface area contributed by atoms with Crippen LogP contribution in [-0.2, 0) is 0 Å². The summed E-state index contributed by atoms with van der Waals surface area (Å²) >= 11 is 5.97. The van der Waals surface area contributed by atoms with Crippen LogP contribution < -0.4 is 5.73 Å². The highest BCUT2D eigenvalue weighted by atomic mass is 35.5. The Bertz CT molecular complexity index is 311. The molecule has 1 aromatic rings. The topological polar surface area (TPSA) is 26.0 Å². The Balaban J connectivity index is 2.14. The van der Waals surface area contributed by atoms with Crippen LogP contribution in [0, 0.1) is 0 Å². The van der Waals surface area contributed by atoms with E-state index in [-0.39, 0.29) is 0 Å². The molecule has 2 N–H and O–H groups in total. The first-order chi connectivity index (χ1) is 6.75. The van der Waals surface area contributed by atoms with Crippen LogP contribution in [0.4, 0.5) is 0 Å². The Morgan fingerprint density at radius 2 is 2.14 bits per heavy atom. The standard InChI is InChI=1S/C12H16ClN/c13-11-5-1-3-9(7-11)10-4-2-6-12(14)8-10/h1,3,5,7,10,12H,2,4,6,8,14H2/t10-,12+/m0/s1. The molecule has 0 bridgehead atoms. The first-order valence-electron chi connectivity index (χ1n) is 5.27. The third kappa shape index (κ3) is 2.28. The fraction of sp³-hybridized carbons (Fsp3) is 0.500. The largest absolute Gasteiger partial charge is 0.328 e. The van der Waals surface area contributed by atoms with Crippen LogP contribution in [0.5, 0.6) is 0 Å². The van der Waals surface area contributed by atoms with Crippen molar-refractivity contribution in [1.29, 1.82) is 0 Å². The van der Waals surface area contributed by atoms with E-state index in [9.17, 15) is 0 Å². The molecule has 0 amide bonds. The Morgan fingerprint density at radius 3 is 2.86 bits per heavy atom. The molecule has 1 aliphatic carbocycles. The highest BCUT2D eigenvalue weighted by molar-refractivity contribution is 6.30. The molecular formula is C12H16ClN. The van der Waals surface area contributed by atoms with Crippen LogP contribution in [0.25, 0.3) is 0 Å². The second-order valence-corrected chi connectivity index (χ2v) is 4.62. The lowest BCUT2D eigenvalue weighted by Gasteiger charge is -2.26. The van der Waals surface area contributed by atoms with Crippen molar-refractivity contribution in [3.63, 3.8) is 0 Å². The molecule has 1 fully saturated rings. The quantitative estimate of drug-likeness (QED) is 0.755. The minimum Gasteiger partial charge on any atom is -0.328 e. The van der Waals surface area contributed by atoms with Crippen molar-refractivity contribution in [2.75, 3.05) is 0 Å². The fourth-order valence-corrected chi connectivity index (χ4v) is 2.49. The van der Waals surface area contributed by atoms with Gasteiger partial charge in [-0.25, -0.2) is 0 Å².